The average molecular weight is 365 g/mol. The Kier molecular flexibility index (Phi) is 5.04. The standard InChI is InChI=1S/C20H23N5O2/c1-27-15-5-6-19-14(12-15)7-10-25(19)11-9-22-20(26)18-13-17(23-24-18)16-4-2-3-8-21-16/h2-8,10,12,17-18,23-24H,9,11,13H2,1H3,(H,22,26). The molecule has 3 heterocycles. The quantitative estimate of drug-likeness (QED) is 0.620. The van der Waals surface area contributed by atoms with Crippen molar-refractivity contribution < 1.29 is 9.53 Å². The summed E-state index contributed by atoms with van der Waals surface area (Å²) in [7, 11) is 1.66. The van der Waals surface area contributed by atoms with Crippen LogP contribution in [-0.2, 0) is 11.3 Å². The first-order valence-electron chi connectivity index (χ1n) is 9.07. The lowest BCUT2D eigenvalue weighted by Gasteiger charge is -2.12. The molecule has 1 saturated heterocycles. The maximum Gasteiger partial charge on any atom is 0.238 e. The number of rotatable bonds is 6. The van der Waals surface area contributed by atoms with Gasteiger partial charge in [0.1, 0.15) is 11.8 Å². The molecule has 3 N–H and O–H groups in total. The van der Waals surface area contributed by atoms with Gasteiger partial charge in [0, 0.05) is 36.4 Å². The number of benzene rings is 1. The van der Waals surface area contributed by atoms with Gasteiger partial charge in [-0.3, -0.25) is 9.78 Å². The molecule has 140 valence electrons. The van der Waals surface area contributed by atoms with Crippen LogP contribution in [0.1, 0.15) is 18.2 Å². The number of pyridine rings is 1. The second-order valence-corrected chi connectivity index (χ2v) is 6.61. The molecule has 2 aromatic heterocycles. The highest BCUT2D eigenvalue weighted by Crippen LogP contribution is 2.22. The summed E-state index contributed by atoms with van der Waals surface area (Å²) < 4.78 is 7.39. The minimum absolute atomic E-state index is 0.000868. The number of amides is 1. The van der Waals surface area contributed by atoms with Crippen LogP contribution in [0.2, 0.25) is 0 Å². The van der Waals surface area contributed by atoms with Crippen molar-refractivity contribution in [2.45, 2.75) is 25.0 Å². The van der Waals surface area contributed by atoms with E-state index in [1.54, 1.807) is 13.3 Å². The van der Waals surface area contributed by atoms with Gasteiger partial charge in [0.2, 0.25) is 5.91 Å². The van der Waals surface area contributed by atoms with E-state index >= 15 is 0 Å². The molecule has 1 aliphatic rings. The Morgan fingerprint density at radius 1 is 1.30 bits per heavy atom. The normalized spacial score (nSPS) is 19.3. The SMILES string of the molecule is COc1ccc2c(ccn2CCNC(=O)C2CC(c3ccccn3)NN2)c1. The first kappa shape index (κ1) is 17.5. The largest absolute Gasteiger partial charge is 0.497 e. The molecular formula is C20H23N5O2. The Labute approximate surface area is 157 Å². The molecule has 2 atom stereocenters. The van der Waals surface area contributed by atoms with E-state index in [4.69, 9.17) is 4.74 Å². The number of methoxy groups -OCH3 is 1. The van der Waals surface area contributed by atoms with Crippen LogP contribution in [-0.4, -0.2) is 35.2 Å². The van der Waals surface area contributed by atoms with Crippen LogP contribution in [0.5, 0.6) is 5.75 Å². The number of carbonyl (C=O) groups excluding carboxylic acids is 1. The fourth-order valence-corrected chi connectivity index (χ4v) is 3.43. The van der Waals surface area contributed by atoms with Gasteiger partial charge in [-0.15, -0.1) is 0 Å². The van der Waals surface area contributed by atoms with Crippen LogP contribution in [0, 0.1) is 0 Å². The van der Waals surface area contributed by atoms with E-state index in [1.165, 1.54) is 0 Å². The fraction of sp³-hybridized carbons (Fsp3) is 0.300. The van der Waals surface area contributed by atoms with E-state index in [0.717, 1.165) is 22.3 Å². The number of nitrogens with zero attached hydrogens (tertiary/aromatic N) is 2. The number of nitrogens with one attached hydrogen (secondary N) is 3. The van der Waals surface area contributed by atoms with Gasteiger partial charge in [-0.2, -0.15) is 0 Å². The third-order valence-electron chi connectivity index (χ3n) is 4.89. The van der Waals surface area contributed by atoms with Gasteiger partial charge >= 0.3 is 0 Å². The van der Waals surface area contributed by atoms with Crippen molar-refractivity contribution in [2.24, 2.45) is 0 Å². The summed E-state index contributed by atoms with van der Waals surface area (Å²) in [6.45, 7) is 1.28. The molecule has 1 fully saturated rings. The first-order valence-corrected chi connectivity index (χ1v) is 9.07. The zero-order chi connectivity index (χ0) is 18.6. The Balaban J connectivity index is 1.30. The third kappa shape index (κ3) is 3.79. The molecule has 27 heavy (non-hydrogen) atoms. The van der Waals surface area contributed by atoms with Gasteiger partial charge in [-0.1, -0.05) is 6.07 Å². The van der Waals surface area contributed by atoms with Gasteiger partial charge in [0.15, 0.2) is 0 Å². The highest BCUT2D eigenvalue weighted by Gasteiger charge is 2.30. The Morgan fingerprint density at radius 2 is 2.22 bits per heavy atom. The van der Waals surface area contributed by atoms with E-state index in [2.05, 4.69) is 31.8 Å². The van der Waals surface area contributed by atoms with Crippen molar-refractivity contribution in [2.75, 3.05) is 13.7 Å². The molecule has 0 aliphatic carbocycles. The van der Waals surface area contributed by atoms with Crippen molar-refractivity contribution in [3.63, 3.8) is 0 Å². The maximum absolute atomic E-state index is 12.4. The van der Waals surface area contributed by atoms with Gasteiger partial charge < -0.3 is 14.6 Å². The van der Waals surface area contributed by atoms with Gasteiger partial charge in [0.05, 0.1) is 18.8 Å². The van der Waals surface area contributed by atoms with Gasteiger partial charge in [0.25, 0.3) is 0 Å². The average Bonchev–Trinajstić information content (AvgIpc) is 3.36. The summed E-state index contributed by atoms with van der Waals surface area (Å²) in [5, 5.41) is 4.14. The molecule has 4 rings (SSSR count). The summed E-state index contributed by atoms with van der Waals surface area (Å²) in [5.41, 5.74) is 8.29. The van der Waals surface area contributed by atoms with E-state index in [9.17, 15) is 4.79 Å². The summed E-state index contributed by atoms with van der Waals surface area (Å²) in [6.07, 6.45) is 4.47. The molecule has 7 heteroatoms. The minimum atomic E-state index is -0.261. The number of carbonyl (C=O) groups is 1. The van der Waals surface area contributed by atoms with Crippen molar-refractivity contribution in [1.29, 1.82) is 0 Å². The summed E-state index contributed by atoms with van der Waals surface area (Å²) in [4.78, 5) is 16.8. The molecule has 1 aliphatic heterocycles. The van der Waals surface area contributed by atoms with Crippen molar-refractivity contribution in [3.8, 4) is 5.75 Å². The van der Waals surface area contributed by atoms with Crippen molar-refractivity contribution in [3.05, 3.63) is 60.6 Å². The number of aromatic nitrogens is 2. The summed E-state index contributed by atoms with van der Waals surface area (Å²) in [6, 6.07) is 13.6. The van der Waals surface area contributed by atoms with Crippen molar-refractivity contribution >= 4 is 16.8 Å². The highest BCUT2D eigenvalue weighted by molar-refractivity contribution is 5.82. The first-order chi connectivity index (χ1) is 13.2. The fourth-order valence-electron chi connectivity index (χ4n) is 3.43. The van der Waals surface area contributed by atoms with Crippen LogP contribution in [0.4, 0.5) is 0 Å². The zero-order valence-corrected chi connectivity index (χ0v) is 15.2. The van der Waals surface area contributed by atoms with E-state index < -0.39 is 0 Å². The Bertz CT molecular complexity index is 925. The predicted octanol–water partition coefficient (Wildman–Crippen LogP) is 1.77. The summed E-state index contributed by atoms with van der Waals surface area (Å²) >= 11 is 0. The predicted molar refractivity (Wildman–Crippen MR) is 103 cm³/mol. The number of hydrazine groups is 1. The van der Waals surface area contributed by atoms with Crippen LogP contribution in [0.25, 0.3) is 10.9 Å². The molecule has 7 nitrogen and oxygen atoms in total. The van der Waals surface area contributed by atoms with Crippen LogP contribution in [0.3, 0.4) is 0 Å². The van der Waals surface area contributed by atoms with Gasteiger partial charge in [-0.25, -0.2) is 10.9 Å². The number of hydrogen-bond donors (Lipinski definition) is 3. The molecule has 0 spiro atoms. The molecule has 2 unspecified atom stereocenters. The zero-order valence-electron chi connectivity index (χ0n) is 15.2. The molecule has 0 radical (unpaired) electrons. The Hall–Kier alpha value is -2.90. The Morgan fingerprint density at radius 3 is 3.04 bits per heavy atom. The van der Waals surface area contributed by atoms with E-state index in [0.29, 0.717) is 19.5 Å². The maximum atomic E-state index is 12.4. The molecule has 1 aromatic carbocycles. The molecule has 0 saturated carbocycles. The number of hydrogen-bond acceptors (Lipinski definition) is 5. The van der Waals surface area contributed by atoms with Crippen LogP contribution < -0.4 is 20.9 Å². The second kappa shape index (κ2) is 7.77. The number of fused-ring (bicyclic) bond motifs is 1. The second-order valence-electron chi connectivity index (χ2n) is 6.61. The minimum Gasteiger partial charge on any atom is -0.497 e. The topological polar surface area (TPSA) is 80.2 Å². The van der Waals surface area contributed by atoms with E-state index in [1.807, 2.05) is 42.6 Å². The van der Waals surface area contributed by atoms with Crippen molar-refractivity contribution in [1.82, 2.24) is 25.7 Å². The molecule has 1 amide bonds. The lowest BCUT2D eigenvalue weighted by atomic mass is 10.1. The molecule has 0 bridgehead atoms. The van der Waals surface area contributed by atoms with E-state index in [-0.39, 0.29) is 18.0 Å². The summed E-state index contributed by atoms with van der Waals surface area (Å²) in [5.74, 6) is 0.842. The van der Waals surface area contributed by atoms with Crippen LogP contribution >= 0.6 is 0 Å². The lowest BCUT2D eigenvalue weighted by molar-refractivity contribution is -0.122. The van der Waals surface area contributed by atoms with Gasteiger partial charge in [-0.05, 0) is 42.8 Å². The smallest absolute Gasteiger partial charge is 0.238 e. The molecule has 3 aromatic rings. The lowest BCUT2D eigenvalue weighted by Crippen LogP contribution is -2.44. The monoisotopic (exact) mass is 365 g/mol. The third-order valence-corrected chi connectivity index (χ3v) is 4.89. The highest BCUT2D eigenvalue weighted by atomic mass is 16.5. The molecular weight excluding hydrogens is 342 g/mol. The van der Waals surface area contributed by atoms with Crippen LogP contribution in [0.15, 0.2) is 54.9 Å². The number of ether oxygens (including phenoxy) is 1.